The molecule has 21 heavy (non-hydrogen) atoms. The fourth-order valence-corrected chi connectivity index (χ4v) is 3.73. The number of sulfonamides is 1. The molecule has 0 atom stereocenters. The Hall–Kier alpha value is -1.75. The molecule has 0 saturated carbocycles. The lowest BCUT2D eigenvalue weighted by molar-refractivity contribution is 0.462. The van der Waals surface area contributed by atoms with Crippen LogP contribution in [0.5, 0.6) is 0 Å². The molecule has 1 heterocycles. The normalized spacial score (nSPS) is 11.5. The Morgan fingerprint density at radius 1 is 1.43 bits per heavy atom. The number of hydrogen-bond donors (Lipinski definition) is 0. The van der Waals surface area contributed by atoms with Crippen LogP contribution in [0.2, 0.25) is 0 Å². The number of nitriles is 1. The van der Waals surface area contributed by atoms with E-state index in [2.05, 4.69) is 4.98 Å². The zero-order valence-corrected chi connectivity index (χ0v) is 13.4. The molecule has 7 heteroatoms. The van der Waals surface area contributed by atoms with Gasteiger partial charge in [0.15, 0.2) is 0 Å². The van der Waals surface area contributed by atoms with E-state index in [1.54, 1.807) is 12.1 Å². The lowest BCUT2D eigenvalue weighted by Crippen LogP contribution is -2.26. The molecule has 0 aliphatic rings. The van der Waals surface area contributed by atoms with Crippen molar-refractivity contribution in [3.63, 3.8) is 0 Å². The first-order valence-corrected chi connectivity index (χ1v) is 8.69. The minimum Gasteiger partial charge on any atom is -0.245 e. The Bertz CT molecular complexity index is 776. The van der Waals surface area contributed by atoms with Crippen LogP contribution in [0.25, 0.3) is 0 Å². The second-order valence-corrected chi connectivity index (χ2v) is 7.47. The van der Waals surface area contributed by atoms with Crippen molar-refractivity contribution in [3.05, 3.63) is 45.9 Å². The Balaban J connectivity index is 2.24. The number of nitrogens with zero attached hydrogens (tertiary/aromatic N) is 3. The van der Waals surface area contributed by atoms with Gasteiger partial charge in [-0.3, -0.25) is 0 Å². The van der Waals surface area contributed by atoms with E-state index >= 15 is 0 Å². The molecule has 0 saturated heterocycles. The summed E-state index contributed by atoms with van der Waals surface area (Å²) in [5.41, 5.74) is 1.06. The third-order valence-electron chi connectivity index (χ3n) is 2.96. The number of benzene rings is 1. The second-order valence-electron chi connectivity index (χ2n) is 4.49. The van der Waals surface area contributed by atoms with Gasteiger partial charge in [-0.1, -0.05) is 13.0 Å². The standard InChI is InChI=1S/C14H15N3O2S2/c1-3-14-16-12(10-20-14)9-17(2)21(18,19)13-6-4-5-11(7-13)8-15/h4-7,10H,3,9H2,1-2H3. The van der Waals surface area contributed by atoms with Gasteiger partial charge < -0.3 is 0 Å². The Labute approximate surface area is 128 Å². The lowest BCUT2D eigenvalue weighted by Gasteiger charge is -2.16. The number of hydrogen-bond acceptors (Lipinski definition) is 5. The molecule has 0 amide bonds. The van der Waals surface area contributed by atoms with Crippen molar-refractivity contribution < 1.29 is 8.42 Å². The van der Waals surface area contributed by atoms with E-state index in [1.807, 2.05) is 18.4 Å². The minimum atomic E-state index is -3.62. The van der Waals surface area contributed by atoms with Crippen LogP contribution in [-0.2, 0) is 23.0 Å². The van der Waals surface area contributed by atoms with E-state index in [9.17, 15) is 8.42 Å². The van der Waals surface area contributed by atoms with Gasteiger partial charge >= 0.3 is 0 Å². The first kappa shape index (κ1) is 15.6. The largest absolute Gasteiger partial charge is 0.245 e. The minimum absolute atomic E-state index is 0.120. The molecule has 5 nitrogen and oxygen atoms in total. The molecule has 110 valence electrons. The van der Waals surface area contributed by atoms with Gasteiger partial charge in [0.1, 0.15) is 0 Å². The molecule has 0 radical (unpaired) electrons. The quantitative estimate of drug-likeness (QED) is 0.847. The molecule has 0 unspecified atom stereocenters. The summed E-state index contributed by atoms with van der Waals surface area (Å²) < 4.78 is 26.2. The van der Waals surface area contributed by atoms with Crippen LogP contribution in [0, 0.1) is 11.3 Å². The van der Waals surface area contributed by atoms with Gasteiger partial charge in [-0.2, -0.15) is 9.57 Å². The van der Waals surface area contributed by atoms with E-state index in [-0.39, 0.29) is 11.4 Å². The van der Waals surface area contributed by atoms with Crippen molar-refractivity contribution in [1.82, 2.24) is 9.29 Å². The highest BCUT2D eigenvalue weighted by molar-refractivity contribution is 7.89. The molecule has 0 N–H and O–H groups in total. The molecule has 2 rings (SSSR count). The maximum atomic E-state index is 12.5. The third kappa shape index (κ3) is 3.47. The average molecular weight is 321 g/mol. The molecule has 2 aromatic rings. The summed E-state index contributed by atoms with van der Waals surface area (Å²) in [6, 6.07) is 7.96. The van der Waals surface area contributed by atoms with E-state index in [1.165, 1.54) is 34.8 Å². The Morgan fingerprint density at radius 3 is 2.81 bits per heavy atom. The van der Waals surface area contributed by atoms with E-state index in [0.717, 1.165) is 17.1 Å². The van der Waals surface area contributed by atoms with Crippen LogP contribution >= 0.6 is 11.3 Å². The smallest absolute Gasteiger partial charge is 0.243 e. The summed E-state index contributed by atoms with van der Waals surface area (Å²) in [7, 11) is -2.11. The molecule has 0 fully saturated rings. The van der Waals surface area contributed by atoms with Crippen LogP contribution in [0.15, 0.2) is 34.5 Å². The molecule has 1 aromatic carbocycles. The summed E-state index contributed by atoms with van der Waals surface area (Å²) in [6.45, 7) is 2.23. The maximum absolute atomic E-state index is 12.5. The predicted octanol–water partition coefficient (Wildman–Crippen LogP) is 2.40. The van der Waals surface area contributed by atoms with Gasteiger partial charge in [-0.05, 0) is 24.6 Å². The predicted molar refractivity (Wildman–Crippen MR) is 81.3 cm³/mol. The van der Waals surface area contributed by atoms with Crippen molar-refractivity contribution in [2.24, 2.45) is 0 Å². The SMILES string of the molecule is CCc1nc(CN(C)S(=O)(=O)c2cccc(C#N)c2)cs1. The summed E-state index contributed by atoms with van der Waals surface area (Å²) in [5, 5.41) is 11.7. The highest BCUT2D eigenvalue weighted by Gasteiger charge is 2.22. The van der Waals surface area contributed by atoms with Crippen LogP contribution in [0.1, 0.15) is 23.2 Å². The molecule has 0 bridgehead atoms. The highest BCUT2D eigenvalue weighted by Crippen LogP contribution is 2.19. The monoisotopic (exact) mass is 321 g/mol. The van der Waals surface area contributed by atoms with Crippen molar-refractivity contribution in [2.45, 2.75) is 24.8 Å². The van der Waals surface area contributed by atoms with Gasteiger partial charge in [0.05, 0.1) is 33.8 Å². The van der Waals surface area contributed by atoms with Gasteiger partial charge in [-0.15, -0.1) is 11.3 Å². The fourth-order valence-electron chi connectivity index (χ4n) is 1.80. The van der Waals surface area contributed by atoms with E-state index < -0.39 is 10.0 Å². The first-order chi connectivity index (χ1) is 9.97. The van der Waals surface area contributed by atoms with Crippen LogP contribution in [0.3, 0.4) is 0 Å². The molecule has 0 spiro atoms. The lowest BCUT2D eigenvalue weighted by atomic mass is 10.2. The molecule has 0 aliphatic carbocycles. The van der Waals surface area contributed by atoms with Crippen molar-refractivity contribution in [2.75, 3.05) is 7.05 Å². The van der Waals surface area contributed by atoms with Gasteiger partial charge in [0, 0.05) is 12.4 Å². The van der Waals surface area contributed by atoms with Gasteiger partial charge in [0.2, 0.25) is 10.0 Å². The summed E-state index contributed by atoms with van der Waals surface area (Å²) >= 11 is 1.53. The van der Waals surface area contributed by atoms with Crippen LogP contribution in [-0.4, -0.2) is 24.8 Å². The molecular weight excluding hydrogens is 306 g/mol. The number of aryl methyl sites for hydroxylation is 1. The Morgan fingerprint density at radius 2 is 2.19 bits per heavy atom. The highest BCUT2D eigenvalue weighted by atomic mass is 32.2. The Kier molecular flexibility index (Phi) is 4.73. The van der Waals surface area contributed by atoms with Crippen molar-refractivity contribution in [3.8, 4) is 6.07 Å². The molecular formula is C14H15N3O2S2. The summed E-state index contributed by atoms with van der Waals surface area (Å²) in [5.74, 6) is 0. The van der Waals surface area contributed by atoms with Crippen LogP contribution < -0.4 is 0 Å². The van der Waals surface area contributed by atoms with Crippen molar-refractivity contribution >= 4 is 21.4 Å². The van der Waals surface area contributed by atoms with E-state index in [4.69, 9.17) is 5.26 Å². The van der Waals surface area contributed by atoms with Gasteiger partial charge in [0.25, 0.3) is 0 Å². The zero-order chi connectivity index (χ0) is 15.5. The number of aromatic nitrogens is 1. The molecule has 1 aromatic heterocycles. The number of thiazole rings is 1. The average Bonchev–Trinajstić information content (AvgIpc) is 2.94. The topological polar surface area (TPSA) is 74.1 Å². The zero-order valence-electron chi connectivity index (χ0n) is 11.8. The third-order valence-corrected chi connectivity index (χ3v) is 5.80. The first-order valence-electron chi connectivity index (χ1n) is 6.37. The van der Waals surface area contributed by atoms with Gasteiger partial charge in [-0.25, -0.2) is 13.4 Å². The fraction of sp³-hybridized carbons (Fsp3) is 0.286. The number of rotatable bonds is 5. The summed E-state index contributed by atoms with van der Waals surface area (Å²) in [6.07, 6.45) is 0.839. The van der Waals surface area contributed by atoms with E-state index in [0.29, 0.717) is 5.56 Å². The van der Waals surface area contributed by atoms with Crippen molar-refractivity contribution in [1.29, 1.82) is 5.26 Å². The van der Waals surface area contributed by atoms with Crippen LogP contribution in [0.4, 0.5) is 0 Å². The second kappa shape index (κ2) is 6.35. The molecule has 0 aliphatic heterocycles. The summed E-state index contributed by atoms with van der Waals surface area (Å²) in [4.78, 5) is 4.49. The maximum Gasteiger partial charge on any atom is 0.243 e.